The maximum absolute atomic E-state index is 11.8. The van der Waals surface area contributed by atoms with E-state index in [-0.39, 0.29) is 13.0 Å². The van der Waals surface area contributed by atoms with Crippen LogP contribution in [0, 0.1) is 5.92 Å². The Labute approximate surface area is 129 Å². The molecule has 9 heteroatoms. The zero-order valence-corrected chi connectivity index (χ0v) is 12.2. The number of thiazole rings is 1. The fraction of sp³-hybridized carbons (Fsp3) is 0.385. The fourth-order valence-corrected chi connectivity index (χ4v) is 3.55. The van der Waals surface area contributed by atoms with Gasteiger partial charge >= 0.3 is 11.9 Å². The van der Waals surface area contributed by atoms with Crippen LogP contribution in [-0.2, 0) is 16.1 Å². The van der Waals surface area contributed by atoms with Crippen LogP contribution in [0.4, 0.5) is 0 Å². The van der Waals surface area contributed by atoms with Crippen LogP contribution >= 0.6 is 11.3 Å². The lowest BCUT2D eigenvalue weighted by molar-refractivity contribution is -0.145. The molecule has 3 heterocycles. The van der Waals surface area contributed by atoms with Crippen molar-refractivity contribution in [2.24, 2.45) is 5.92 Å². The number of hydrogen-bond donors (Lipinski definition) is 3. The van der Waals surface area contributed by atoms with Crippen molar-refractivity contribution in [3.05, 3.63) is 35.0 Å². The minimum absolute atomic E-state index is 0.0260. The van der Waals surface area contributed by atoms with Crippen molar-refractivity contribution in [2.75, 3.05) is 0 Å². The number of carboxylic acid groups (broad SMARTS) is 2. The third kappa shape index (κ3) is 2.48. The van der Waals surface area contributed by atoms with Crippen molar-refractivity contribution in [3.63, 3.8) is 0 Å². The van der Waals surface area contributed by atoms with Crippen LogP contribution in [-0.4, -0.2) is 42.5 Å². The van der Waals surface area contributed by atoms with Gasteiger partial charge in [-0.05, 0) is 12.5 Å². The average molecular weight is 322 g/mol. The number of aromatic nitrogens is 3. The normalized spacial score (nSPS) is 27.8. The minimum Gasteiger partial charge on any atom is -0.481 e. The molecule has 0 amide bonds. The van der Waals surface area contributed by atoms with Crippen molar-refractivity contribution in [2.45, 2.75) is 24.5 Å². The second kappa shape index (κ2) is 5.50. The molecule has 0 spiro atoms. The lowest BCUT2D eigenvalue weighted by Crippen LogP contribution is -2.51. The highest BCUT2D eigenvalue weighted by Crippen LogP contribution is 2.40. The molecule has 3 atom stereocenters. The van der Waals surface area contributed by atoms with Crippen LogP contribution in [0.1, 0.15) is 17.5 Å². The molecule has 3 rings (SSSR count). The second-order valence-corrected chi connectivity index (χ2v) is 6.16. The van der Waals surface area contributed by atoms with Crippen LogP contribution in [0.5, 0.6) is 0 Å². The van der Waals surface area contributed by atoms with Gasteiger partial charge in [0.15, 0.2) is 0 Å². The maximum Gasteiger partial charge on any atom is 0.325 e. The topological polar surface area (TPSA) is 117 Å². The highest BCUT2D eigenvalue weighted by molar-refractivity contribution is 7.09. The number of carbonyl (C=O) groups is 2. The molecule has 0 bridgehead atoms. The summed E-state index contributed by atoms with van der Waals surface area (Å²) in [5.41, 5.74) is -1.38. The Balaban J connectivity index is 1.95. The van der Waals surface area contributed by atoms with E-state index in [9.17, 15) is 19.8 Å². The first-order valence-electron chi connectivity index (χ1n) is 6.62. The van der Waals surface area contributed by atoms with Gasteiger partial charge < -0.3 is 10.2 Å². The summed E-state index contributed by atoms with van der Waals surface area (Å²) in [5.74, 6) is -2.97. The van der Waals surface area contributed by atoms with Gasteiger partial charge in [0.05, 0.1) is 18.5 Å². The van der Waals surface area contributed by atoms with Crippen molar-refractivity contribution < 1.29 is 19.8 Å². The van der Waals surface area contributed by atoms with Gasteiger partial charge in [-0.25, -0.2) is 4.98 Å². The van der Waals surface area contributed by atoms with E-state index < -0.39 is 29.4 Å². The van der Waals surface area contributed by atoms with E-state index in [1.807, 2.05) is 0 Å². The Morgan fingerprint density at radius 2 is 2.27 bits per heavy atom. The molecule has 1 aliphatic heterocycles. The van der Waals surface area contributed by atoms with Crippen molar-refractivity contribution in [1.82, 2.24) is 20.1 Å². The lowest BCUT2D eigenvalue weighted by atomic mass is 9.91. The molecule has 116 valence electrons. The number of nitrogens with zero attached hydrogens (tertiary/aromatic N) is 3. The molecule has 1 saturated heterocycles. The summed E-state index contributed by atoms with van der Waals surface area (Å²) in [6.07, 6.45) is 4.76. The molecular formula is C13H14N4O4S. The summed E-state index contributed by atoms with van der Waals surface area (Å²) in [4.78, 5) is 27.5. The van der Waals surface area contributed by atoms with Gasteiger partial charge in [0.2, 0.25) is 0 Å². The molecule has 2 aromatic heterocycles. The molecule has 3 N–H and O–H groups in total. The third-order valence-corrected chi connectivity index (χ3v) is 4.70. The lowest BCUT2D eigenvalue weighted by Gasteiger charge is -2.25. The summed E-state index contributed by atoms with van der Waals surface area (Å²) < 4.78 is 1.49. The molecule has 2 aromatic rings. The second-order valence-electron chi connectivity index (χ2n) is 5.23. The molecule has 8 nitrogen and oxygen atoms in total. The largest absolute Gasteiger partial charge is 0.481 e. The quantitative estimate of drug-likeness (QED) is 0.737. The molecule has 22 heavy (non-hydrogen) atoms. The molecule has 0 radical (unpaired) electrons. The summed E-state index contributed by atoms with van der Waals surface area (Å²) in [5, 5.41) is 28.4. The molecular weight excluding hydrogens is 308 g/mol. The van der Waals surface area contributed by atoms with Crippen molar-refractivity contribution in [1.29, 1.82) is 0 Å². The van der Waals surface area contributed by atoms with E-state index in [4.69, 9.17) is 0 Å². The van der Waals surface area contributed by atoms with Gasteiger partial charge in [0.1, 0.15) is 10.5 Å². The smallest absolute Gasteiger partial charge is 0.325 e. The number of carboxylic acids is 2. The first kappa shape index (κ1) is 14.7. The van der Waals surface area contributed by atoms with Crippen LogP contribution in [0.15, 0.2) is 30.0 Å². The van der Waals surface area contributed by atoms with Crippen molar-refractivity contribution in [3.8, 4) is 0 Å². The first-order chi connectivity index (χ1) is 10.5. The number of hydrogen-bond acceptors (Lipinski definition) is 6. The monoisotopic (exact) mass is 322 g/mol. The van der Waals surface area contributed by atoms with Gasteiger partial charge in [-0.15, -0.1) is 11.3 Å². The molecule has 1 fully saturated rings. The predicted molar refractivity (Wildman–Crippen MR) is 76.3 cm³/mol. The maximum atomic E-state index is 11.8. The SMILES string of the molecule is O=C(O)[C@H]1C[C@@](Cn2cccn2)(C(=O)O)N[C@H]1c1nccs1. The predicted octanol–water partition coefficient (Wildman–Crippen LogP) is 0.598. The molecule has 0 aliphatic carbocycles. The minimum atomic E-state index is -1.38. The summed E-state index contributed by atoms with van der Waals surface area (Å²) >= 11 is 1.31. The van der Waals surface area contributed by atoms with Gasteiger partial charge in [0.25, 0.3) is 0 Å². The van der Waals surface area contributed by atoms with Gasteiger partial charge in [-0.2, -0.15) is 5.10 Å². The summed E-state index contributed by atoms with van der Waals surface area (Å²) in [7, 11) is 0. The Morgan fingerprint density at radius 1 is 1.45 bits per heavy atom. The standard InChI is InChI=1S/C13H14N4O4S/c18-11(19)8-6-13(12(20)21,7-17-4-1-2-15-17)16-9(8)10-14-3-5-22-10/h1-5,8-9,16H,6-7H2,(H,18,19)(H,20,21)/t8-,9+,13+/m0/s1. The number of nitrogens with one attached hydrogen (secondary N) is 1. The highest BCUT2D eigenvalue weighted by Gasteiger charge is 2.54. The van der Waals surface area contributed by atoms with E-state index in [2.05, 4.69) is 15.4 Å². The van der Waals surface area contributed by atoms with Gasteiger partial charge in [-0.3, -0.25) is 19.6 Å². The van der Waals surface area contributed by atoms with Crippen LogP contribution in [0.25, 0.3) is 0 Å². The van der Waals surface area contributed by atoms with Gasteiger partial charge in [-0.1, -0.05) is 0 Å². The Bertz CT molecular complexity index is 672. The van der Waals surface area contributed by atoms with E-state index in [1.165, 1.54) is 16.0 Å². The molecule has 1 aliphatic rings. The van der Waals surface area contributed by atoms with Crippen LogP contribution < -0.4 is 5.32 Å². The van der Waals surface area contributed by atoms with E-state index in [1.54, 1.807) is 30.0 Å². The number of rotatable bonds is 5. The third-order valence-electron chi connectivity index (χ3n) is 3.84. The molecule has 0 aromatic carbocycles. The average Bonchev–Trinajstić information content (AvgIpc) is 3.19. The summed E-state index contributed by atoms with van der Waals surface area (Å²) in [6.45, 7) is 0.0565. The summed E-state index contributed by atoms with van der Waals surface area (Å²) in [6, 6.07) is 1.07. The molecule has 0 saturated carbocycles. The fourth-order valence-electron chi connectivity index (χ4n) is 2.80. The van der Waals surface area contributed by atoms with E-state index in [0.717, 1.165) is 0 Å². The Morgan fingerprint density at radius 3 is 2.82 bits per heavy atom. The van der Waals surface area contributed by atoms with E-state index >= 15 is 0 Å². The molecule has 0 unspecified atom stereocenters. The number of aliphatic carboxylic acids is 2. The van der Waals surface area contributed by atoms with Crippen LogP contribution in [0.2, 0.25) is 0 Å². The first-order valence-corrected chi connectivity index (χ1v) is 7.50. The highest BCUT2D eigenvalue weighted by atomic mass is 32.1. The zero-order chi connectivity index (χ0) is 15.7. The van der Waals surface area contributed by atoms with Gasteiger partial charge in [0, 0.05) is 24.0 Å². The zero-order valence-electron chi connectivity index (χ0n) is 11.4. The van der Waals surface area contributed by atoms with Crippen LogP contribution in [0.3, 0.4) is 0 Å². The Kier molecular flexibility index (Phi) is 3.67. The Hall–Kier alpha value is -2.26. The van der Waals surface area contributed by atoms with E-state index in [0.29, 0.717) is 5.01 Å². The van der Waals surface area contributed by atoms with Crippen molar-refractivity contribution >= 4 is 23.3 Å².